The van der Waals surface area contributed by atoms with Gasteiger partial charge in [0.15, 0.2) is 0 Å². The molecule has 8 heteroatoms. The monoisotopic (exact) mass is 449 g/mol. The van der Waals surface area contributed by atoms with E-state index in [2.05, 4.69) is 5.32 Å². The second kappa shape index (κ2) is 7.54. The highest BCUT2D eigenvalue weighted by Gasteiger charge is 2.45. The first kappa shape index (κ1) is 22.7. The number of sulfonamides is 1. The summed E-state index contributed by atoms with van der Waals surface area (Å²) >= 11 is 0. The van der Waals surface area contributed by atoms with Gasteiger partial charge in [-0.1, -0.05) is 0 Å². The van der Waals surface area contributed by atoms with Gasteiger partial charge in [0, 0.05) is 25.3 Å². The zero-order valence-electron chi connectivity index (χ0n) is 19.1. The molecule has 1 aromatic rings. The number of fused-ring (bicyclic) bond motifs is 1. The number of rotatable bonds is 4. The zero-order valence-corrected chi connectivity index (χ0v) is 19.9. The number of anilines is 1. The van der Waals surface area contributed by atoms with E-state index in [4.69, 9.17) is 0 Å². The second-order valence-electron chi connectivity index (χ2n) is 10.7. The largest absolute Gasteiger partial charge is 0.389 e. The molecule has 1 amide bonds. The molecule has 2 fully saturated rings. The number of hydrogen-bond donors (Lipinski definition) is 2. The first-order valence-electron chi connectivity index (χ1n) is 11.2. The van der Waals surface area contributed by atoms with Gasteiger partial charge in [0.2, 0.25) is 15.9 Å². The highest BCUT2D eigenvalue weighted by Crippen LogP contribution is 2.48. The number of hydrogen-bond acceptors (Lipinski definition) is 5. The molecule has 1 saturated heterocycles. The third-order valence-electron chi connectivity index (χ3n) is 7.75. The molecule has 1 spiro atoms. The minimum atomic E-state index is -3.61. The number of likely N-dealkylation sites (N-methyl/N-ethyl adjacent to an activating group) is 1. The highest BCUT2D eigenvalue weighted by atomic mass is 32.2. The molecular formula is C23H35N3O4S. The molecule has 2 N–H and O–H groups in total. The molecule has 0 atom stereocenters. The lowest BCUT2D eigenvalue weighted by atomic mass is 9.64. The maximum Gasteiger partial charge on any atom is 0.243 e. The Labute approximate surface area is 185 Å². The van der Waals surface area contributed by atoms with Gasteiger partial charge in [0.25, 0.3) is 0 Å². The Hall–Kier alpha value is -1.48. The van der Waals surface area contributed by atoms with E-state index in [9.17, 15) is 18.3 Å². The molecule has 1 aromatic carbocycles. The van der Waals surface area contributed by atoms with Crippen LogP contribution in [0.4, 0.5) is 5.69 Å². The van der Waals surface area contributed by atoms with Crippen LogP contribution in [0.25, 0.3) is 0 Å². The first-order valence-corrected chi connectivity index (χ1v) is 12.6. The fourth-order valence-electron chi connectivity index (χ4n) is 5.55. The van der Waals surface area contributed by atoms with Crippen molar-refractivity contribution in [2.75, 3.05) is 39.0 Å². The molecule has 1 saturated carbocycles. The number of benzene rings is 1. The Morgan fingerprint density at radius 2 is 1.68 bits per heavy atom. The fraction of sp³-hybridized carbons (Fsp3) is 0.696. The van der Waals surface area contributed by atoms with Gasteiger partial charge in [-0.25, -0.2) is 8.42 Å². The van der Waals surface area contributed by atoms with Crippen molar-refractivity contribution < 1.29 is 18.3 Å². The molecule has 0 bridgehead atoms. The van der Waals surface area contributed by atoms with Gasteiger partial charge in [0.05, 0.1) is 15.9 Å². The lowest BCUT2D eigenvalue weighted by molar-refractivity contribution is -0.119. The second-order valence-corrected chi connectivity index (χ2v) is 12.6. The van der Waals surface area contributed by atoms with Crippen LogP contribution in [0.1, 0.15) is 57.9 Å². The number of carbonyl (C=O) groups is 1. The smallest absolute Gasteiger partial charge is 0.243 e. The Kier molecular flexibility index (Phi) is 5.52. The van der Waals surface area contributed by atoms with Crippen LogP contribution in [0.2, 0.25) is 0 Å². The van der Waals surface area contributed by atoms with Gasteiger partial charge in [-0.05, 0) is 95.6 Å². The van der Waals surface area contributed by atoms with Crippen LogP contribution in [0, 0.1) is 5.41 Å². The van der Waals surface area contributed by atoms with E-state index in [0.717, 1.165) is 44.1 Å². The molecule has 0 aromatic heterocycles. The van der Waals surface area contributed by atoms with Gasteiger partial charge < -0.3 is 15.3 Å². The molecule has 7 nitrogen and oxygen atoms in total. The molecule has 1 aliphatic carbocycles. The van der Waals surface area contributed by atoms with E-state index >= 15 is 0 Å². The summed E-state index contributed by atoms with van der Waals surface area (Å²) in [6.45, 7) is 5.32. The summed E-state index contributed by atoms with van der Waals surface area (Å²) in [5.74, 6) is -0.108. The van der Waals surface area contributed by atoms with Crippen LogP contribution in [0.15, 0.2) is 23.1 Å². The summed E-state index contributed by atoms with van der Waals surface area (Å²) in [4.78, 5) is 14.5. The van der Waals surface area contributed by atoms with Gasteiger partial charge in [-0.15, -0.1) is 0 Å². The topological polar surface area (TPSA) is 90.0 Å². The van der Waals surface area contributed by atoms with Crippen molar-refractivity contribution in [1.29, 1.82) is 0 Å². The Balaban J connectivity index is 1.45. The predicted octanol–water partition coefficient (Wildman–Crippen LogP) is 2.55. The average molecular weight is 450 g/mol. The van der Waals surface area contributed by atoms with Crippen molar-refractivity contribution in [3.63, 3.8) is 0 Å². The van der Waals surface area contributed by atoms with Crippen LogP contribution in [0.3, 0.4) is 0 Å². The van der Waals surface area contributed by atoms with E-state index in [1.165, 1.54) is 0 Å². The summed E-state index contributed by atoms with van der Waals surface area (Å²) in [6, 6.07) is 4.96. The molecule has 172 valence electrons. The molecule has 3 aliphatic rings. The zero-order chi connectivity index (χ0) is 22.7. The summed E-state index contributed by atoms with van der Waals surface area (Å²) < 4.78 is 28.3. The normalized spacial score (nSPS) is 24.9. The number of piperidine rings is 1. The third-order valence-corrected chi connectivity index (χ3v) is 9.65. The number of nitrogens with zero attached hydrogens (tertiary/aromatic N) is 2. The number of nitrogens with one attached hydrogen (secondary N) is 1. The molecular weight excluding hydrogens is 414 g/mol. The van der Waals surface area contributed by atoms with Gasteiger partial charge >= 0.3 is 0 Å². The molecule has 31 heavy (non-hydrogen) atoms. The SMILES string of the molecule is CN(C)CC1(O)CCC2(CCN(S(=O)(=O)c3ccc4c(c3)C(C)(C)C(=O)N4)CC2)CC1. The molecule has 2 heterocycles. The summed E-state index contributed by atoms with van der Waals surface area (Å²) in [5, 5.41) is 13.7. The summed E-state index contributed by atoms with van der Waals surface area (Å²) in [7, 11) is 0.361. The number of aliphatic hydroxyl groups is 1. The van der Waals surface area contributed by atoms with E-state index < -0.39 is 21.0 Å². The Morgan fingerprint density at radius 3 is 2.26 bits per heavy atom. The number of carbonyl (C=O) groups excluding carboxylic acids is 1. The quantitative estimate of drug-likeness (QED) is 0.737. The number of amides is 1. The minimum absolute atomic E-state index is 0.108. The maximum atomic E-state index is 13.4. The molecule has 2 aliphatic heterocycles. The molecule has 4 rings (SSSR count). The summed E-state index contributed by atoms with van der Waals surface area (Å²) in [6.07, 6.45) is 5.12. The summed E-state index contributed by atoms with van der Waals surface area (Å²) in [5.41, 5.74) is 0.207. The maximum absolute atomic E-state index is 13.4. The van der Waals surface area contributed by atoms with E-state index in [1.54, 1.807) is 22.5 Å². The van der Waals surface area contributed by atoms with Gasteiger partial charge in [-0.2, -0.15) is 4.31 Å². The van der Waals surface area contributed by atoms with Gasteiger partial charge in [0.1, 0.15) is 0 Å². The lowest BCUT2D eigenvalue weighted by Crippen LogP contribution is -2.49. The van der Waals surface area contributed by atoms with Crippen LogP contribution in [-0.2, 0) is 20.2 Å². The first-order chi connectivity index (χ1) is 14.4. The Morgan fingerprint density at radius 1 is 1.06 bits per heavy atom. The standard InChI is InChI=1S/C23H35N3O4S/c1-21(2)18-15-17(5-6-19(18)24-20(21)27)31(29,30)26-13-11-22(12-14-26)7-9-23(28,10-8-22)16-25(3)4/h5-6,15,28H,7-14,16H2,1-4H3,(H,24,27). The van der Waals surface area contributed by atoms with Crippen molar-refractivity contribution in [3.05, 3.63) is 23.8 Å². The van der Waals surface area contributed by atoms with E-state index in [1.807, 2.05) is 32.8 Å². The van der Waals surface area contributed by atoms with Crippen molar-refractivity contribution in [1.82, 2.24) is 9.21 Å². The minimum Gasteiger partial charge on any atom is -0.389 e. The van der Waals surface area contributed by atoms with Gasteiger partial charge in [-0.3, -0.25) is 4.79 Å². The van der Waals surface area contributed by atoms with Crippen LogP contribution in [-0.4, -0.2) is 68.0 Å². The Bertz CT molecular complexity index is 969. The molecule has 0 unspecified atom stereocenters. The van der Waals surface area contributed by atoms with Crippen LogP contribution >= 0.6 is 0 Å². The van der Waals surface area contributed by atoms with E-state index in [0.29, 0.717) is 25.3 Å². The molecule has 0 radical (unpaired) electrons. The van der Waals surface area contributed by atoms with Crippen molar-refractivity contribution >= 4 is 21.6 Å². The van der Waals surface area contributed by atoms with Crippen molar-refractivity contribution in [3.8, 4) is 0 Å². The third kappa shape index (κ3) is 4.03. The van der Waals surface area contributed by atoms with Crippen LogP contribution in [0.5, 0.6) is 0 Å². The lowest BCUT2D eigenvalue weighted by Gasteiger charge is -2.48. The fourth-order valence-corrected chi connectivity index (χ4v) is 7.02. The highest BCUT2D eigenvalue weighted by molar-refractivity contribution is 7.89. The van der Waals surface area contributed by atoms with Crippen LogP contribution < -0.4 is 5.32 Å². The van der Waals surface area contributed by atoms with Crippen molar-refractivity contribution in [2.24, 2.45) is 5.41 Å². The van der Waals surface area contributed by atoms with E-state index in [-0.39, 0.29) is 16.2 Å². The average Bonchev–Trinajstić information content (AvgIpc) is 2.93. The predicted molar refractivity (Wildman–Crippen MR) is 120 cm³/mol. The van der Waals surface area contributed by atoms with Crippen molar-refractivity contribution in [2.45, 2.75) is 68.3 Å².